The molecule has 0 bridgehead atoms. The number of aliphatic hydroxyl groups is 1. The number of aliphatic hydroxyl groups excluding tert-OH is 1. The standard InChI is InChI=1S/C24H32N4O8/c29-14-17(28-23(35)16-7-4-9-19(31)21(16)33)24(36)27-12-2-1-10-25-11-5-13-26-22(34)15-6-3-8-18(30)20(15)32/h3-4,6-9,17,25,29-33H,1-2,5,10-14H2,(H,26,34)(H,27,36)(H,28,35). The van der Waals surface area contributed by atoms with Crippen LogP contribution in [-0.4, -0.2) is 82.1 Å². The van der Waals surface area contributed by atoms with Crippen molar-refractivity contribution < 1.29 is 39.9 Å². The Balaban J connectivity index is 1.56. The number of nitrogens with one attached hydrogen (secondary N) is 4. The van der Waals surface area contributed by atoms with Crippen LogP contribution in [0, 0.1) is 0 Å². The molecular weight excluding hydrogens is 472 g/mol. The van der Waals surface area contributed by atoms with E-state index in [-0.39, 0.29) is 16.9 Å². The summed E-state index contributed by atoms with van der Waals surface area (Å²) in [5.41, 5.74) is -0.213. The fourth-order valence-electron chi connectivity index (χ4n) is 3.20. The molecule has 3 amide bonds. The number of carbonyl (C=O) groups excluding carboxylic acids is 3. The average molecular weight is 505 g/mol. The molecule has 0 saturated carbocycles. The van der Waals surface area contributed by atoms with E-state index in [4.69, 9.17) is 0 Å². The number of para-hydroxylation sites is 2. The third-order valence-corrected chi connectivity index (χ3v) is 5.22. The van der Waals surface area contributed by atoms with Crippen LogP contribution in [0.4, 0.5) is 0 Å². The van der Waals surface area contributed by atoms with Crippen molar-refractivity contribution in [2.75, 3.05) is 32.8 Å². The molecule has 0 heterocycles. The number of hydrogen-bond donors (Lipinski definition) is 9. The van der Waals surface area contributed by atoms with Crippen molar-refractivity contribution in [1.29, 1.82) is 0 Å². The van der Waals surface area contributed by atoms with Gasteiger partial charge in [-0.05, 0) is 56.6 Å². The largest absolute Gasteiger partial charge is 0.504 e. The number of amides is 3. The Morgan fingerprint density at radius 1 is 0.694 bits per heavy atom. The van der Waals surface area contributed by atoms with E-state index >= 15 is 0 Å². The van der Waals surface area contributed by atoms with Crippen LogP contribution in [0.15, 0.2) is 36.4 Å². The smallest absolute Gasteiger partial charge is 0.255 e. The Bertz CT molecular complexity index is 1050. The molecule has 0 saturated heterocycles. The lowest BCUT2D eigenvalue weighted by atomic mass is 10.1. The lowest BCUT2D eigenvalue weighted by molar-refractivity contribution is -0.123. The van der Waals surface area contributed by atoms with Crippen molar-refractivity contribution in [1.82, 2.24) is 21.3 Å². The van der Waals surface area contributed by atoms with Gasteiger partial charge in [0.1, 0.15) is 6.04 Å². The highest BCUT2D eigenvalue weighted by atomic mass is 16.3. The summed E-state index contributed by atoms with van der Waals surface area (Å²) in [4.78, 5) is 36.5. The summed E-state index contributed by atoms with van der Waals surface area (Å²) in [7, 11) is 0. The molecule has 1 atom stereocenters. The molecule has 12 heteroatoms. The van der Waals surface area contributed by atoms with E-state index in [0.717, 1.165) is 6.42 Å². The van der Waals surface area contributed by atoms with Gasteiger partial charge in [0.05, 0.1) is 17.7 Å². The van der Waals surface area contributed by atoms with Gasteiger partial charge in [-0.2, -0.15) is 0 Å². The van der Waals surface area contributed by atoms with Gasteiger partial charge in [-0.15, -0.1) is 0 Å². The number of phenols is 4. The van der Waals surface area contributed by atoms with Crippen LogP contribution in [0.1, 0.15) is 40.0 Å². The number of hydrogen-bond acceptors (Lipinski definition) is 9. The van der Waals surface area contributed by atoms with E-state index in [1.807, 2.05) is 0 Å². The third kappa shape index (κ3) is 8.32. The molecule has 0 aliphatic heterocycles. The summed E-state index contributed by atoms with van der Waals surface area (Å²) in [6.07, 6.45) is 2.04. The number of unbranched alkanes of at least 4 members (excludes halogenated alkanes) is 1. The Hall–Kier alpha value is -4.03. The lowest BCUT2D eigenvalue weighted by Gasteiger charge is -2.17. The van der Waals surface area contributed by atoms with E-state index < -0.39 is 47.6 Å². The van der Waals surface area contributed by atoms with Gasteiger partial charge in [-0.1, -0.05) is 12.1 Å². The van der Waals surface area contributed by atoms with Crippen molar-refractivity contribution >= 4 is 17.7 Å². The minimum Gasteiger partial charge on any atom is -0.504 e. The van der Waals surface area contributed by atoms with Crippen LogP contribution >= 0.6 is 0 Å². The number of benzene rings is 2. The molecule has 0 aliphatic carbocycles. The highest BCUT2D eigenvalue weighted by molar-refractivity contribution is 6.00. The molecular formula is C24H32N4O8. The first-order valence-corrected chi connectivity index (χ1v) is 11.5. The van der Waals surface area contributed by atoms with Crippen LogP contribution in [-0.2, 0) is 4.79 Å². The van der Waals surface area contributed by atoms with Crippen molar-refractivity contribution in [2.45, 2.75) is 25.3 Å². The summed E-state index contributed by atoms with van der Waals surface area (Å²) in [5, 5.41) is 58.6. The molecule has 0 spiro atoms. The van der Waals surface area contributed by atoms with Crippen LogP contribution in [0.3, 0.4) is 0 Å². The van der Waals surface area contributed by atoms with E-state index in [0.29, 0.717) is 39.0 Å². The average Bonchev–Trinajstić information content (AvgIpc) is 2.86. The molecule has 2 aromatic carbocycles. The fourth-order valence-corrected chi connectivity index (χ4v) is 3.20. The molecule has 196 valence electrons. The first-order valence-electron chi connectivity index (χ1n) is 11.5. The minimum absolute atomic E-state index is 0.00511. The topological polar surface area (TPSA) is 200 Å². The van der Waals surface area contributed by atoms with Gasteiger partial charge in [0.15, 0.2) is 23.0 Å². The number of aromatic hydroxyl groups is 4. The summed E-state index contributed by atoms with van der Waals surface area (Å²) in [6.45, 7) is 1.38. The quantitative estimate of drug-likeness (QED) is 0.124. The zero-order valence-electron chi connectivity index (χ0n) is 19.7. The van der Waals surface area contributed by atoms with E-state index in [9.17, 15) is 39.9 Å². The Morgan fingerprint density at radius 2 is 1.22 bits per heavy atom. The Labute approximate surface area is 208 Å². The predicted octanol–water partition coefficient (Wildman–Crippen LogP) is -0.0942. The molecule has 0 fully saturated rings. The van der Waals surface area contributed by atoms with Gasteiger partial charge < -0.3 is 46.8 Å². The molecule has 12 nitrogen and oxygen atoms in total. The molecule has 0 radical (unpaired) electrons. The maximum Gasteiger partial charge on any atom is 0.255 e. The van der Waals surface area contributed by atoms with Crippen molar-refractivity contribution in [2.24, 2.45) is 0 Å². The third-order valence-electron chi connectivity index (χ3n) is 5.22. The summed E-state index contributed by atoms with van der Waals surface area (Å²) in [6, 6.07) is 6.81. The number of rotatable bonds is 14. The van der Waals surface area contributed by atoms with Gasteiger partial charge in [-0.3, -0.25) is 14.4 Å². The van der Waals surface area contributed by atoms with Crippen molar-refractivity contribution in [3.63, 3.8) is 0 Å². The summed E-state index contributed by atoms with van der Waals surface area (Å²) in [5.74, 6) is -3.76. The summed E-state index contributed by atoms with van der Waals surface area (Å²) >= 11 is 0. The van der Waals surface area contributed by atoms with Crippen LogP contribution < -0.4 is 21.3 Å². The maximum absolute atomic E-state index is 12.2. The second-order valence-electron chi connectivity index (χ2n) is 7.91. The highest BCUT2D eigenvalue weighted by Crippen LogP contribution is 2.28. The second kappa shape index (κ2) is 14.4. The van der Waals surface area contributed by atoms with Crippen LogP contribution in [0.2, 0.25) is 0 Å². The molecule has 2 aromatic rings. The first kappa shape index (κ1) is 28.2. The lowest BCUT2D eigenvalue weighted by Crippen LogP contribution is -2.49. The molecule has 0 aromatic heterocycles. The van der Waals surface area contributed by atoms with Gasteiger partial charge in [0, 0.05) is 13.1 Å². The highest BCUT2D eigenvalue weighted by Gasteiger charge is 2.22. The van der Waals surface area contributed by atoms with Crippen molar-refractivity contribution in [3.8, 4) is 23.0 Å². The molecule has 36 heavy (non-hydrogen) atoms. The number of phenolic OH excluding ortho intramolecular Hbond substituents is 4. The SMILES string of the molecule is O=C(NCCCNCCCCNC(=O)C(CO)NC(=O)c1cccc(O)c1O)c1cccc(O)c1O. The van der Waals surface area contributed by atoms with E-state index in [1.54, 1.807) is 0 Å². The van der Waals surface area contributed by atoms with E-state index in [1.165, 1.54) is 36.4 Å². The zero-order valence-corrected chi connectivity index (χ0v) is 19.7. The Kier molecular flexibility index (Phi) is 11.3. The number of carbonyl (C=O) groups is 3. The van der Waals surface area contributed by atoms with Gasteiger partial charge in [-0.25, -0.2) is 0 Å². The first-order chi connectivity index (χ1) is 17.3. The van der Waals surface area contributed by atoms with Crippen LogP contribution in [0.25, 0.3) is 0 Å². The van der Waals surface area contributed by atoms with Gasteiger partial charge in [0.2, 0.25) is 5.91 Å². The molecule has 1 unspecified atom stereocenters. The van der Waals surface area contributed by atoms with Gasteiger partial charge in [0.25, 0.3) is 11.8 Å². The molecule has 2 rings (SSSR count). The summed E-state index contributed by atoms with van der Waals surface area (Å²) < 4.78 is 0. The molecule has 9 N–H and O–H groups in total. The monoisotopic (exact) mass is 504 g/mol. The maximum atomic E-state index is 12.2. The van der Waals surface area contributed by atoms with Crippen molar-refractivity contribution in [3.05, 3.63) is 47.5 Å². The zero-order chi connectivity index (χ0) is 26.5. The predicted molar refractivity (Wildman–Crippen MR) is 130 cm³/mol. The Morgan fingerprint density at radius 3 is 1.83 bits per heavy atom. The second-order valence-corrected chi connectivity index (χ2v) is 7.91. The fraction of sp³-hybridized carbons (Fsp3) is 0.375. The normalized spacial score (nSPS) is 11.5. The van der Waals surface area contributed by atoms with Crippen LogP contribution in [0.5, 0.6) is 23.0 Å². The van der Waals surface area contributed by atoms with E-state index in [2.05, 4.69) is 21.3 Å². The van der Waals surface area contributed by atoms with Gasteiger partial charge >= 0.3 is 0 Å². The molecule has 0 aliphatic rings. The minimum atomic E-state index is -1.21.